The van der Waals surface area contributed by atoms with Gasteiger partial charge >= 0.3 is 0 Å². The van der Waals surface area contributed by atoms with Crippen molar-refractivity contribution in [2.24, 2.45) is 0 Å². The highest BCUT2D eigenvalue weighted by atomic mass is 14.1. The summed E-state index contributed by atoms with van der Waals surface area (Å²) in [5, 5.41) is 0. The van der Waals surface area contributed by atoms with E-state index in [4.69, 9.17) is 0 Å². The van der Waals surface area contributed by atoms with Gasteiger partial charge in [-0.2, -0.15) is 0 Å². The fourth-order valence-electron chi connectivity index (χ4n) is 4.28. The van der Waals surface area contributed by atoms with Crippen LogP contribution in [0.15, 0.2) is 54.6 Å². The monoisotopic (exact) mass is 326 g/mol. The standard InChI is InChI=1S/C24H27B/c1-16-10-7-11-17(2)22(16)25(23-18(3)12-8-13-19(23)4)24-20(5)14-9-15-21(24)6/h7-15H,1-6H3. The van der Waals surface area contributed by atoms with Gasteiger partial charge in [-0.25, -0.2) is 0 Å². The lowest BCUT2D eigenvalue weighted by atomic mass is 9.33. The van der Waals surface area contributed by atoms with Crippen LogP contribution in [0.4, 0.5) is 0 Å². The molecule has 3 aromatic rings. The first-order chi connectivity index (χ1) is 11.9. The van der Waals surface area contributed by atoms with Crippen molar-refractivity contribution in [2.45, 2.75) is 41.5 Å². The summed E-state index contributed by atoms with van der Waals surface area (Å²) in [5.41, 5.74) is 12.6. The van der Waals surface area contributed by atoms with Crippen LogP contribution in [-0.2, 0) is 0 Å². The van der Waals surface area contributed by atoms with Crippen LogP contribution in [0, 0.1) is 41.5 Å². The van der Waals surface area contributed by atoms with E-state index in [1.807, 2.05) is 0 Å². The Labute approximate surface area is 153 Å². The van der Waals surface area contributed by atoms with Crippen molar-refractivity contribution in [1.82, 2.24) is 0 Å². The van der Waals surface area contributed by atoms with Gasteiger partial charge in [-0.1, -0.05) is 104 Å². The Morgan fingerprint density at radius 1 is 0.400 bits per heavy atom. The van der Waals surface area contributed by atoms with E-state index in [9.17, 15) is 0 Å². The molecule has 0 spiro atoms. The minimum atomic E-state index is 0.281. The highest BCUT2D eigenvalue weighted by molar-refractivity contribution is 6.97. The van der Waals surface area contributed by atoms with Crippen LogP contribution in [0.3, 0.4) is 0 Å². The molecule has 25 heavy (non-hydrogen) atoms. The predicted molar refractivity (Wildman–Crippen MR) is 112 cm³/mol. The van der Waals surface area contributed by atoms with Crippen LogP contribution >= 0.6 is 0 Å². The first kappa shape index (κ1) is 17.5. The van der Waals surface area contributed by atoms with Gasteiger partial charge in [0.05, 0.1) is 0 Å². The molecule has 0 bridgehead atoms. The lowest BCUT2D eigenvalue weighted by Crippen LogP contribution is -2.57. The maximum atomic E-state index is 2.25. The van der Waals surface area contributed by atoms with Crippen molar-refractivity contribution in [2.75, 3.05) is 0 Å². The fourth-order valence-corrected chi connectivity index (χ4v) is 4.28. The minimum absolute atomic E-state index is 0.281. The SMILES string of the molecule is Cc1cccc(C)c1B(c1c(C)cccc1C)c1c(C)cccc1C. The number of hydrogen-bond donors (Lipinski definition) is 0. The van der Waals surface area contributed by atoms with Gasteiger partial charge in [-0.05, 0) is 41.5 Å². The van der Waals surface area contributed by atoms with Gasteiger partial charge in [-0.15, -0.1) is 0 Å². The molecule has 3 aromatic carbocycles. The van der Waals surface area contributed by atoms with E-state index in [2.05, 4.69) is 96.1 Å². The third-order valence-electron chi connectivity index (χ3n) is 5.49. The third kappa shape index (κ3) is 3.16. The molecule has 0 radical (unpaired) electrons. The first-order valence-corrected chi connectivity index (χ1v) is 9.10. The summed E-state index contributed by atoms with van der Waals surface area (Å²) in [7, 11) is 0. The molecule has 126 valence electrons. The fraction of sp³-hybridized carbons (Fsp3) is 0.250. The van der Waals surface area contributed by atoms with Crippen LogP contribution in [0.5, 0.6) is 0 Å². The topological polar surface area (TPSA) is 0 Å². The van der Waals surface area contributed by atoms with Gasteiger partial charge < -0.3 is 0 Å². The number of rotatable bonds is 3. The van der Waals surface area contributed by atoms with Crippen molar-refractivity contribution in [3.63, 3.8) is 0 Å². The first-order valence-electron chi connectivity index (χ1n) is 9.10. The van der Waals surface area contributed by atoms with Crippen molar-refractivity contribution in [3.05, 3.63) is 88.0 Å². The molecule has 0 aliphatic rings. The molecule has 0 aliphatic carbocycles. The molecule has 1 heteroatoms. The second-order valence-electron chi connectivity index (χ2n) is 7.35. The zero-order valence-corrected chi connectivity index (χ0v) is 16.3. The Bertz CT molecular complexity index is 738. The van der Waals surface area contributed by atoms with Gasteiger partial charge in [0.15, 0.2) is 0 Å². The van der Waals surface area contributed by atoms with E-state index < -0.39 is 0 Å². The van der Waals surface area contributed by atoms with E-state index in [-0.39, 0.29) is 6.71 Å². The Morgan fingerprint density at radius 2 is 0.600 bits per heavy atom. The molecule has 0 heterocycles. The molecule has 3 rings (SSSR count). The Kier molecular flexibility index (Phi) is 4.86. The molecule has 0 saturated heterocycles. The Morgan fingerprint density at radius 3 is 0.800 bits per heavy atom. The molecule has 0 N–H and O–H groups in total. The molecule has 0 atom stereocenters. The number of aryl methyl sites for hydroxylation is 6. The van der Waals surface area contributed by atoms with Crippen LogP contribution < -0.4 is 16.4 Å². The van der Waals surface area contributed by atoms with E-state index in [0.717, 1.165) is 0 Å². The molecule has 0 aliphatic heterocycles. The third-order valence-corrected chi connectivity index (χ3v) is 5.49. The van der Waals surface area contributed by atoms with Crippen LogP contribution in [-0.4, -0.2) is 6.71 Å². The zero-order chi connectivity index (χ0) is 18.1. The van der Waals surface area contributed by atoms with Crippen molar-refractivity contribution >= 4 is 23.1 Å². The summed E-state index contributed by atoms with van der Waals surface area (Å²) in [4.78, 5) is 0. The van der Waals surface area contributed by atoms with Crippen LogP contribution in [0.2, 0.25) is 0 Å². The molecule has 0 saturated carbocycles. The summed E-state index contributed by atoms with van der Waals surface area (Å²) in [6.07, 6.45) is 0. The quantitative estimate of drug-likeness (QED) is 0.637. The predicted octanol–water partition coefficient (Wildman–Crippen LogP) is 4.05. The second kappa shape index (κ2) is 6.92. The average molecular weight is 326 g/mol. The highest BCUT2D eigenvalue weighted by Crippen LogP contribution is 2.12. The molecule has 0 aromatic heterocycles. The summed E-state index contributed by atoms with van der Waals surface area (Å²) in [6, 6.07) is 20.0. The number of hydrogen-bond acceptors (Lipinski definition) is 0. The van der Waals surface area contributed by atoms with Crippen molar-refractivity contribution in [3.8, 4) is 0 Å². The summed E-state index contributed by atoms with van der Waals surface area (Å²) >= 11 is 0. The normalized spacial score (nSPS) is 10.8. The highest BCUT2D eigenvalue weighted by Gasteiger charge is 2.29. The Balaban J connectivity index is 2.42. The van der Waals surface area contributed by atoms with Gasteiger partial charge in [-0.3, -0.25) is 0 Å². The van der Waals surface area contributed by atoms with Crippen LogP contribution in [0.1, 0.15) is 33.4 Å². The minimum Gasteiger partial charge on any atom is -0.0629 e. The maximum Gasteiger partial charge on any atom is 0.243 e. The van der Waals surface area contributed by atoms with Crippen molar-refractivity contribution < 1.29 is 0 Å². The Hall–Kier alpha value is -2.28. The summed E-state index contributed by atoms with van der Waals surface area (Å²) < 4.78 is 0. The van der Waals surface area contributed by atoms with Crippen molar-refractivity contribution in [1.29, 1.82) is 0 Å². The summed E-state index contributed by atoms with van der Waals surface area (Å²) in [5.74, 6) is 0. The maximum absolute atomic E-state index is 2.25. The molecule has 0 amide bonds. The number of benzene rings is 3. The molecule has 0 unspecified atom stereocenters. The lowest BCUT2D eigenvalue weighted by Gasteiger charge is -2.26. The van der Waals surface area contributed by atoms with Gasteiger partial charge in [0.2, 0.25) is 6.71 Å². The molecular weight excluding hydrogens is 299 g/mol. The van der Waals surface area contributed by atoms with Gasteiger partial charge in [0.1, 0.15) is 0 Å². The summed E-state index contributed by atoms with van der Waals surface area (Å²) in [6.45, 7) is 13.8. The lowest BCUT2D eigenvalue weighted by molar-refractivity contribution is 1.39. The smallest absolute Gasteiger partial charge is 0.0629 e. The van der Waals surface area contributed by atoms with E-state index in [1.54, 1.807) is 0 Å². The van der Waals surface area contributed by atoms with Crippen LogP contribution in [0.25, 0.3) is 0 Å². The van der Waals surface area contributed by atoms with Gasteiger partial charge in [0.25, 0.3) is 0 Å². The average Bonchev–Trinajstić information content (AvgIpc) is 2.53. The van der Waals surface area contributed by atoms with E-state index in [1.165, 1.54) is 49.8 Å². The van der Waals surface area contributed by atoms with E-state index in [0.29, 0.717) is 0 Å². The largest absolute Gasteiger partial charge is 0.243 e. The zero-order valence-electron chi connectivity index (χ0n) is 16.3. The van der Waals surface area contributed by atoms with E-state index >= 15 is 0 Å². The molecule has 0 fully saturated rings. The molecular formula is C24H27B. The molecule has 0 nitrogen and oxygen atoms in total. The van der Waals surface area contributed by atoms with Gasteiger partial charge in [0, 0.05) is 0 Å². The second-order valence-corrected chi connectivity index (χ2v) is 7.35.